The fourth-order valence-electron chi connectivity index (χ4n) is 3.22. The standard InChI is InChI=1S/C19H23N5O2/c1-13-8-16(23-12-22-13)4-5-17-11-24(6-7-26-17)19(25)15-9-20-18(21-10-15)14-2-3-14/h8-10,12,14,17H,2-7,11H2,1H3/t17-/m0/s1. The minimum Gasteiger partial charge on any atom is -0.375 e. The fraction of sp³-hybridized carbons (Fsp3) is 0.526. The third-order valence-electron chi connectivity index (χ3n) is 4.87. The highest BCUT2D eigenvalue weighted by Crippen LogP contribution is 2.37. The lowest BCUT2D eigenvalue weighted by atomic mass is 10.1. The van der Waals surface area contributed by atoms with E-state index in [1.54, 1.807) is 18.7 Å². The van der Waals surface area contributed by atoms with Crippen LogP contribution >= 0.6 is 0 Å². The van der Waals surface area contributed by atoms with Crippen LogP contribution in [0.15, 0.2) is 24.8 Å². The molecule has 0 radical (unpaired) electrons. The maximum atomic E-state index is 12.7. The van der Waals surface area contributed by atoms with Crippen LogP contribution < -0.4 is 0 Å². The van der Waals surface area contributed by atoms with Crippen LogP contribution in [0.2, 0.25) is 0 Å². The summed E-state index contributed by atoms with van der Waals surface area (Å²) in [6.45, 7) is 3.71. The Morgan fingerprint density at radius 3 is 2.77 bits per heavy atom. The number of ether oxygens (including phenoxy) is 1. The highest BCUT2D eigenvalue weighted by atomic mass is 16.5. The molecular weight excluding hydrogens is 330 g/mol. The molecule has 2 aromatic heterocycles. The topological polar surface area (TPSA) is 81.1 Å². The number of carbonyl (C=O) groups excluding carboxylic acids is 1. The zero-order valence-corrected chi connectivity index (χ0v) is 15.0. The molecule has 136 valence electrons. The highest BCUT2D eigenvalue weighted by Gasteiger charge is 2.28. The molecule has 2 aromatic rings. The Morgan fingerprint density at radius 2 is 2.04 bits per heavy atom. The average Bonchev–Trinajstić information content (AvgIpc) is 3.52. The number of rotatable bonds is 5. The van der Waals surface area contributed by atoms with Gasteiger partial charge in [0.15, 0.2) is 0 Å². The van der Waals surface area contributed by atoms with Gasteiger partial charge in [0.2, 0.25) is 0 Å². The molecule has 0 bridgehead atoms. The predicted molar refractivity (Wildman–Crippen MR) is 94.7 cm³/mol. The zero-order chi connectivity index (χ0) is 17.9. The van der Waals surface area contributed by atoms with Crippen LogP contribution in [0.4, 0.5) is 0 Å². The number of hydrogen-bond donors (Lipinski definition) is 0. The summed E-state index contributed by atoms with van der Waals surface area (Å²) in [6, 6.07) is 1.99. The lowest BCUT2D eigenvalue weighted by Crippen LogP contribution is -2.45. The van der Waals surface area contributed by atoms with Gasteiger partial charge in [-0.3, -0.25) is 4.79 Å². The van der Waals surface area contributed by atoms with E-state index in [1.807, 2.05) is 17.9 Å². The van der Waals surface area contributed by atoms with Crippen molar-refractivity contribution in [1.82, 2.24) is 24.8 Å². The average molecular weight is 353 g/mol. The van der Waals surface area contributed by atoms with Crippen molar-refractivity contribution in [2.45, 2.75) is 44.6 Å². The van der Waals surface area contributed by atoms with Crippen molar-refractivity contribution in [3.8, 4) is 0 Å². The van der Waals surface area contributed by atoms with Gasteiger partial charge < -0.3 is 9.64 Å². The molecule has 1 saturated carbocycles. The van der Waals surface area contributed by atoms with Crippen LogP contribution in [0.1, 0.15) is 52.8 Å². The summed E-state index contributed by atoms with van der Waals surface area (Å²) in [7, 11) is 0. The Labute approximate surface area is 152 Å². The largest absolute Gasteiger partial charge is 0.375 e. The first-order valence-corrected chi connectivity index (χ1v) is 9.19. The summed E-state index contributed by atoms with van der Waals surface area (Å²) in [5.74, 6) is 1.34. The Kier molecular flexibility index (Phi) is 4.88. The lowest BCUT2D eigenvalue weighted by Gasteiger charge is -2.33. The Hall–Kier alpha value is -2.41. The lowest BCUT2D eigenvalue weighted by molar-refractivity contribution is -0.0247. The van der Waals surface area contributed by atoms with Gasteiger partial charge >= 0.3 is 0 Å². The monoisotopic (exact) mass is 353 g/mol. The van der Waals surface area contributed by atoms with E-state index in [-0.39, 0.29) is 12.0 Å². The molecule has 1 saturated heterocycles. The van der Waals surface area contributed by atoms with Gasteiger partial charge in [-0.15, -0.1) is 0 Å². The molecule has 0 unspecified atom stereocenters. The molecule has 2 aliphatic rings. The van der Waals surface area contributed by atoms with E-state index in [9.17, 15) is 4.79 Å². The van der Waals surface area contributed by atoms with Crippen LogP contribution in [0, 0.1) is 6.92 Å². The van der Waals surface area contributed by atoms with Crippen LogP contribution in [0.3, 0.4) is 0 Å². The third-order valence-corrected chi connectivity index (χ3v) is 4.87. The van der Waals surface area contributed by atoms with Gasteiger partial charge in [0.1, 0.15) is 12.2 Å². The molecule has 3 heterocycles. The first kappa shape index (κ1) is 17.0. The predicted octanol–water partition coefficient (Wildman–Crippen LogP) is 1.93. The van der Waals surface area contributed by atoms with Crippen molar-refractivity contribution < 1.29 is 9.53 Å². The smallest absolute Gasteiger partial charge is 0.257 e. The maximum Gasteiger partial charge on any atom is 0.257 e. The summed E-state index contributed by atoms with van der Waals surface area (Å²) >= 11 is 0. The first-order valence-electron chi connectivity index (χ1n) is 9.19. The molecule has 26 heavy (non-hydrogen) atoms. The number of carbonyl (C=O) groups is 1. The summed E-state index contributed by atoms with van der Waals surface area (Å²) in [5, 5.41) is 0. The molecule has 1 aliphatic heterocycles. The van der Waals surface area contributed by atoms with E-state index in [1.165, 1.54) is 0 Å². The molecule has 2 fully saturated rings. The number of aryl methyl sites for hydroxylation is 2. The summed E-state index contributed by atoms with van der Waals surface area (Å²) in [5.41, 5.74) is 2.53. The van der Waals surface area contributed by atoms with Gasteiger partial charge in [0.25, 0.3) is 5.91 Å². The van der Waals surface area contributed by atoms with Crippen molar-refractivity contribution in [2.24, 2.45) is 0 Å². The van der Waals surface area contributed by atoms with Crippen LogP contribution in [-0.4, -0.2) is 56.5 Å². The Morgan fingerprint density at radius 1 is 1.23 bits per heavy atom. The minimum atomic E-state index is -0.0153. The molecule has 1 aliphatic carbocycles. The summed E-state index contributed by atoms with van der Waals surface area (Å²) in [6.07, 6.45) is 8.90. The first-order chi connectivity index (χ1) is 12.7. The molecule has 1 atom stereocenters. The molecule has 0 aromatic carbocycles. The molecule has 0 spiro atoms. The van der Waals surface area contributed by atoms with E-state index >= 15 is 0 Å². The van der Waals surface area contributed by atoms with E-state index in [0.717, 1.165) is 42.9 Å². The SMILES string of the molecule is Cc1cc(CC[C@H]2CN(C(=O)c3cnc(C4CC4)nc3)CCO2)ncn1. The molecule has 7 heteroatoms. The molecule has 7 nitrogen and oxygen atoms in total. The van der Waals surface area contributed by atoms with E-state index < -0.39 is 0 Å². The van der Waals surface area contributed by atoms with Crippen molar-refractivity contribution in [1.29, 1.82) is 0 Å². The normalized spacial score (nSPS) is 20.2. The van der Waals surface area contributed by atoms with E-state index in [0.29, 0.717) is 31.2 Å². The second-order valence-corrected chi connectivity index (χ2v) is 7.04. The van der Waals surface area contributed by atoms with Gasteiger partial charge in [-0.05, 0) is 38.7 Å². The third kappa shape index (κ3) is 4.04. The van der Waals surface area contributed by atoms with Crippen molar-refractivity contribution >= 4 is 5.91 Å². The van der Waals surface area contributed by atoms with Crippen molar-refractivity contribution in [2.75, 3.05) is 19.7 Å². The van der Waals surface area contributed by atoms with E-state index in [4.69, 9.17) is 4.74 Å². The summed E-state index contributed by atoms with van der Waals surface area (Å²) in [4.78, 5) is 31.7. The number of amides is 1. The van der Waals surface area contributed by atoms with Gasteiger partial charge in [-0.25, -0.2) is 19.9 Å². The number of aromatic nitrogens is 4. The van der Waals surface area contributed by atoms with Crippen LogP contribution in [-0.2, 0) is 11.2 Å². The van der Waals surface area contributed by atoms with Gasteiger partial charge in [-0.2, -0.15) is 0 Å². The quantitative estimate of drug-likeness (QED) is 0.817. The van der Waals surface area contributed by atoms with Crippen LogP contribution in [0.5, 0.6) is 0 Å². The Bertz CT molecular complexity index is 776. The Balaban J connectivity index is 1.34. The van der Waals surface area contributed by atoms with Gasteiger partial charge in [0, 0.05) is 42.8 Å². The molecule has 0 N–H and O–H groups in total. The number of nitrogens with zero attached hydrogens (tertiary/aromatic N) is 5. The molecular formula is C19H23N5O2. The summed E-state index contributed by atoms with van der Waals surface area (Å²) < 4.78 is 5.84. The van der Waals surface area contributed by atoms with Gasteiger partial charge in [0.05, 0.1) is 18.3 Å². The van der Waals surface area contributed by atoms with Gasteiger partial charge in [-0.1, -0.05) is 0 Å². The molecule has 1 amide bonds. The number of morpholine rings is 1. The second kappa shape index (κ2) is 7.45. The number of hydrogen-bond acceptors (Lipinski definition) is 6. The molecule has 4 rings (SSSR count). The fourth-order valence-corrected chi connectivity index (χ4v) is 3.22. The van der Waals surface area contributed by atoms with Crippen LogP contribution in [0.25, 0.3) is 0 Å². The van der Waals surface area contributed by atoms with Crippen molar-refractivity contribution in [3.05, 3.63) is 47.6 Å². The maximum absolute atomic E-state index is 12.7. The second-order valence-electron chi connectivity index (χ2n) is 7.04. The van der Waals surface area contributed by atoms with Crippen molar-refractivity contribution in [3.63, 3.8) is 0 Å². The zero-order valence-electron chi connectivity index (χ0n) is 15.0. The minimum absolute atomic E-state index is 0.0153. The van der Waals surface area contributed by atoms with E-state index in [2.05, 4.69) is 19.9 Å². The highest BCUT2D eigenvalue weighted by molar-refractivity contribution is 5.93.